The van der Waals surface area contributed by atoms with E-state index in [1.54, 1.807) is 4.72 Å². The van der Waals surface area contributed by atoms with E-state index in [9.17, 15) is 28.1 Å². The lowest BCUT2D eigenvalue weighted by atomic mass is 10.2. The van der Waals surface area contributed by atoms with Gasteiger partial charge in [0.2, 0.25) is 15.9 Å². The summed E-state index contributed by atoms with van der Waals surface area (Å²) in [5.41, 5.74) is 4.82. The molecule has 1 aromatic rings. The number of aliphatic carboxylic acids is 1. The normalized spacial score (nSPS) is 12.6. The number of hydrogen-bond acceptors (Lipinski definition) is 7. The van der Waals surface area contributed by atoms with Gasteiger partial charge < -0.3 is 21.0 Å². The average molecular weight is 318 g/mol. The van der Waals surface area contributed by atoms with Gasteiger partial charge in [-0.3, -0.25) is 9.59 Å². The molecule has 1 atom stereocenters. The molecule has 0 bridgehead atoms. The number of nitrogens with zero attached hydrogens (tertiary/aromatic N) is 2. The largest absolute Gasteiger partial charge is 0.480 e. The van der Waals surface area contributed by atoms with Gasteiger partial charge in [-0.25, -0.2) is 8.42 Å². The Morgan fingerprint density at radius 2 is 2.10 bits per heavy atom. The number of hydrogen-bond donors (Lipinski definition) is 3. The molecule has 1 rings (SSSR count). The third-order valence-electron chi connectivity index (χ3n) is 2.22. The number of primary amides is 1. The molecule has 0 aromatic carbocycles. The number of rotatable bonds is 7. The molecule has 114 valence electrons. The highest BCUT2D eigenvalue weighted by molar-refractivity contribution is 7.89. The molecule has 12 heteroatoms. The predicted octanol–water partition coefficient (Wildman–Crippen LogP) is -1.40. The monoisotopic (exact) mass is 318 g/mol. The summed E-state index contributed by atoms with van der Waals surface area (Å²) in [6.07, 6.45) is -0.0430. The smallest absolute Gasteiger partial charge is 0.363 e. The topological polar surface area (TPSA) is 183 Å². The van der Waals surface area contributed by atoms with E-state index in [2.05, 4.69) is 4.98 Å². The number of carbonyl (C=O) groups is 2. The number of nitrogens with one attached hydrogen (secondary N) is 1. The van der Waals surface area contributed by atoms with E-state index in [1.165, 1.54) is 0 Å². The number of nitrogens with two attached hydrogens (primary N) is 1. The first-order valence-corrected chi connectivity index (χ1v) is 6.75. The molecule has 1 aromatic heterocycles. The Balaban J connectivity index is 3.01. The van der Waals surface area contributed by atoms with Gasteiger partial charge in [-0.05, 0) is 16.0 Å². The quantitative estimate of drug-likeness (QED) is 0.404. The molecule has 0 fully saturated rings. The zero-order valence-electron chi connectivity index (χ0n) is 10.3. The van der Waals surface area contributed by atoms with Crippen LogP contribution < -0.4 is 10.5 Å². The molecule has 4 N–H and O–H groups in total. The minimum absolute atomic E-state index is 0.483. The fourth-order valence-electron chi connectivity index (χ4n) is 1.28. The van der Waals surface area contributed by atoms with Crippen molar-refractivity contribution in [2.75, 3.05) is 0 Å². The molecule has 0 aliphatic carbocycles. The van der Waals surface area contributed by atoms with Crippen LogP contribution in [0.2, 0.25) is 0 Å². The second-order valence-corrected chi connectivity index (χ2v) is 5.51. The highest BCUT2D eigenvalue weighted by atomic mass is 32.2. The predicted molar refractivity (Wildman–Crippen MR) is 66.4 cm³/mol. The van der Waals surface area contributed by atoms with E-state index in [4.69, 9.17) is 10.8 Å². The van der Waals surface area contributed by atoms with Gasteiger partial charge >= 0.3 is 11.8 Å². The number of sulfonamides is 1. The molecule has 21 heavy (non-hydrogen) atoms. The number of carboxylic acid groups (broad SMARTS) is 1. The fourth-order valence-corrected chi connectivity index (χ4v) is 2.41. The van der Waals surface area contributed by atoms with Crippen molar-refractivity contribution in [3.05, 3.63) is 28.4 Å². The summed E-state index contributed by atoms with van der Waals surface area (Å²) in [7, 11) is -4.32. The molecular formula is C9H10N4O7S. The van der Waals surface area contributed by atoms with Crippen molar-refractivity contribution in [2.45, 2.75) is 17.4 Å². The van der Waals surface area contributed by atoms with E-state index in [-0.39, 0.29) is 0 Å². The second kappa shape index (κ2) is 6.23. The zero-order valence-corrected chi connectivity index (χ0v) is 11.1. The number of carbonyl (C=O) groups excluding carboxylic acids is 1. The van der Waals surface area contributed by atoms with Crippen LogP contribution in [0.15, 0.2) is 23.2 Å². The molecule has 0 aliphatic rings. The van der Waals surface area contributed by atoms with Gasteiger partial charge in [0.05, 0.1) is 6.42 Å². The summed E-state index contributed by atoms with van der Waals surface area (Å²) < 4.78 is 25.5. The number of amides is 1. The van der Waals surface area contributed by atoms with Crippen molar-refractivity contribution in [1.29, 1.82) is 0 Å². The van der Waals surface area contributed by atoms with Crippen molar-refractivity contribution < 1.29 is 28.0 Å². The van der Waals surface area contributed by atoms with E-state index in [0.29, 0.717) is 6.20 Å². The van der Waals surface area contributed by atoms with Crippen LogP contribution in [0.25, 0.3) is 0 Å². The zero-order chi connectivity index (χ0) is 16.2. The van der Waals surface area contributed by atoms with E-state index in [0.717, 1.165) is 12.1 Å². The first kappa shape index (κ1) is 16.5. The molecular weight excluding hydrogens is 308 g/mol. The number of nitro groups is 1. The molecule has 11 nitrogen and oxygen atoms in total. The van der Waals surface area contributed by atoms with E-state index in [1.807, 2.05) is 0 Å². The molecule has 0 radical (unpaired) electrons. The van der Waals surface area contributed by atoms with Gasteiger partial charge in [0, 0.05) is 6.07 Å². The third-order valence-corrected chi connectivity index (χ3v) is 3.68. The van der Waals surface area contributed by atoms with Crippen molar-refractivity contribution >= 4 is 27.7 Å². The molecule has 0 saturated carbocycles. The van der Waals surface area contributed by atoms with Crippen molar-refractivity contribution in [3.63, 3.8) is 0 Å². The maximum absolute atomic E-state index is 11.9. The van der Waals surface area contributed by atoms with Crippen LogP contribution in [0.3, 0.4) is 0 Å². The fraction of sp³-hybridized carbons (Fsp3) is 0.222. The van der Waals surface area contributed by atoms with Crippen LogP contribution in [-0.4, -0.2) is 41.3 Å². The summed E-state index contributed by atoms with van der Waals surface area (Å²) in [6, 6.07) is -0.0163. The first-order chi connectivity index (χ1) is 9.63. The summed E-state index contributed by atoms with van der Waals surface area (Å²) in [5, 5.41) is 19.2. The average Bonchev–Trinajstić information content (AvgIpc) is 2.37. The highest BCUT2D eigenvalue weighted by Gasteiger charge is 2.28. The molecule has 1 heterocycles. The van der Waals surface area contributed by atoms with Crippen LogP contribution in [0, 0.1) is 10.1 Å². The standard InChI is InChI=1S/C9H10N4O7S/c10-7(14)3-6(9(15)16)12-21(19,20)5-1-2-8(11-4-5)13(17)18/h1-2,4,6,12H,3H2,(H2,10,14)(H,15,16)/t6-/m0/s1. The molecule has 0 aliphatic heterocycles. The van der Waals surface area contributed by atoms with Crippen LogP contribution in [-0.2, 0) is 19.6 Å². The third kappa shape index (κ3) is 4.47. The Hall–Kier alpha value is -2.60. The molecule has 1 amide bonds. The molecule has 0 unspecified atom stereocenters. The van der Waals surface area contributed by atoms with Crippen LogP contribution in [0.1, 0.15) is 6.42 Å². The van der Waals surface area contributed by atoms with Crippen LogP contribution in [0.5, 0.6) is 0 Å². The van der Waals surface area contributed by atoms with Crippen molar-refractivity contribution in [2.24, 2.45) is 5.73 Å². The van der Waals surface area contributed by atoms with Crippen molar-refractivity contribution in [1.82, 2.24) is 9.71 Å². The summed E-state index contributed by atoms with van der Waals surface area (Å²) in [4.78, 5) is 33.9. The number of pyridine rings is 1. The summed E-state index contributed by atoms with van der Waals surface area (Å²) in [6.45, 7) is 0. The van der Waals surface area contributed by atoms with Gasteiger partial charge in [-0.2, -0.15) is 4.72 Å². The van der Waals surface area contributed by atoms with Gasteiger partial charge in [-0.15, -0.1) is 0 Å². The maximum Gasteiger partial charge on any atom is 0.363 e. The molecule has 0 spiro atoms. The van der Waals surface area contributed by atoms with Crippen LogP contribution >= 0.6 is 0 Å². The summed E-state index contributed by atoms with van der Waals surface area (Å²) in [5.74, 6) is -3.17. The number of aromatic nitrogens is 1. The maximum atomic E-state index is 11.9. The summed E-state index contributed by atoms with van der Waals surface area (Å²) >= 11 is 0. The van der Waals surface area contributed by atoms with Gasteiger partial charge in [0.15, 0.2) is 6.20 Å². The molecule has 0 saturated heterocycles. The Morgan fingerprint density at radius 3 is 2.48 bits per heavy atom. The van der Waals surface area contributed by atoms with E-state index >= 15 is 0 Å². The van der Waals surface area contributed by atoms with Gasteiger partial charge in [-0.1, -0.05) is 0 Å². The van der Waals surface area contributed by atoms with Gasteiger partial charge in [0.1, 0.15) is 10.9 Å². The Labute approximate surface area is 118 Å². The van der Waals surface area contributed by atoms with Gasteiger partial charge in [0.25, 0.3) is 0 Å². The number of carboxylic acids is 1. The Morgan fingerprint density at radius 1 is 1.48 bits per heavy atom. The lowest BCUT2D eigenvalue weighted by Gasteiger charge is -2.12. The first-order valence-electron chi connectivity index (χ1n) is 5.27. The van der Waals surface area contributed by atoms with E-state index < -0.39 is 50.0 Å². The minimum atomic E-state index is -4.32. The minimum Gasteiger partial charge on any atom is -0.480 e. The Kier molecular flexibility index (Phi) is 4.88. The van der Waals surface area contributed by atoms with Crippen molar-refractivity contribution in [3.8, 4) is 0 Å². The lowest BCUT2D eigenvalue weighted by Crippen LogP contribution is -2.43. The lowest BCUT2D eigenvalue weighted by molar-refractivity contribution is -0.389. The SMILES string of the molecule is NC(=O)C[C@H](NS(=O)(=O)c1ccc([N+](=O)[O-])nc1)C(=O)O. The Bertz CT molecular complexity index is 670. The second-order valence-electron chi connectivity index (χ2n) is 3.79. The highest BCUT2D eigenvalue weighted by Crippen LogP contribution is 2.13. The van der Waals surface area contributed by atoms with Crippen LogP contribution in [0.4, 0.5) is 5.82 Å².